The molecule has 3 nitrogen and oxygen atoms in total. The first kappa shape index (κ1) is 16.5. The van der Waals surface area contributed by atoms with Gasteiger partial charge in [-0.05, 0) is 36.5 Å². The van der Waals surface area contributed by atoms with E-state index in [2.05, 4.69) is 35.1 Å². The summed E-state index contributed by atoms with van der Waals surface area (Å²) in [5.41, 5.74) is 0.433. The average molecular weight is 349 g/mol. The fourth-order valence-electron chi connectivity index (χ4n) is 1.73. The lowest BCUT2D eigenvalue weighted by atomic mass is 9.88. The van der Waals surface area contributed by atoms with E-state index < -0.39 is 0 Å². The number of amides is 1. The Morgan fingerprint density at radius 1 is 1.47 bits per heavy atom. The molecule has 2 N–H and O–H groups in total. The van der Waals surface area contributed by atoms with Crippen LogP contribution < -0.4 is 5.32 Å². The summed E-state index contributed by atoms with van der Waals surface area (Å²) in [5.74, 6) is -0.172. The maximum absolute atomic E-state index is 12.0. The van der Waals surface area contributed by atoms with Gasteiger partial charge in [-0.2, -0.15) is 0 Å². The third-order valence-corrected chi connectivity index (χ3v) is 3.72. The van der Waals surface area contributed by atoms with E-state index >= 15 is 0 Å². The molecule has 0 unspecified atom stereocenters. The van der Waals surface area contributed by atoms with Gasteiger partial charge in [-0.15, -0.1) is 0 Å². The molecule has 1 aromatic rings. The average Bonchev–Trinajstić information content (AvgIpc) is 2.34. The minimum absolute atomic E-state index is 0.0414. The Labute approximate surface area is 127 Å². The van der Waals surface area contributed by atoms with Crippen LogP contribution in [0.3, 0.4) is 0 Å². The molecule has 0 saturated heterocycles. The molecule has 1 amide bonds. The number of aliphatic hydroxyl groups excluding tert-OH is 1. The predicted molar refractivity (Wildman–Crippen MR) is 81.6 cm³/mol. The number of hydrogen-bond donors (Lipinski definition) is 2. The van der Waals surface area contributed by atoms with Crippen molar-refractivity contribution in [3.63, 3.8) is 0 Å². The Hall–Kier alpha value is -0.580. The summed E-state index contributed by atoms with van der Waals surface area (Å²) in [6.07, 6.45) is 1.60. The van der Waals surface area contributed by atoms with Crippen molar-refractivity contribution in [3.05, 3.63) is 33.3 Å². The van der Waals surface area contributed by atoms with E-state index in [4.69, 9.17) is 16.7 Å². The van der Waals surface area contributed by atoms with Crippen LogP contribution in [0.4, 0.5) is 0 Å². The van der Waals surface area contributed by atoms with E-state index in [0.717, 1.165) is 17.3 Å². The van der Waals surface area contributed by atoms with E-state index in [0.29, 0.717) is 17.1 Å². The molecular weight excluding hydrogens is 330 g/mol. The number of carbonyl (C=O) groups excluding carboxylic acids is 1. The highest BCUT2D eigenvalue weighted by atomic mass is 79.9. The van der Waals surface area contributed by atoms with E-state index in [1.165, 1.54) is 0 Å². The van der Waals surface area contributed by atoms with Crippen molar-refractivity contribution < 1.29 is 9.90 Å². The summed E-state index contributed by atoms with van der Waals surface area (Å²) in [6, 6.07) is 5.19. The first-order chi connectivity index (χ1) is 8.85. The molecule has 1 rings (SSSR count). The van der Waals surface area contributed by atoms with Gasteiger partial charge >= 0.3 is 0 Å². The van der Waals surface area contributed by atoms with Crippen LogP contribution in [0.1, 0.15) is 37.0 Å². The zero-order valence-electron chi connectivity index (χ0n) is 11.2. The molecule has 106 valence electrons. The van der Waals surface area contributed by atoms with Crippen LogP contribution in [0.5, 0.6) is 0 Å². The van der Waals surface area contributed by atoms with Crippen molar-refractivity contribution in [3.8, 4) is 0 Å². The normalized spacial score (nSPS) is 11.4. The topological polar surface area (TPSA) is 49.3 Å². The zero-order valence-corrected chi connectivity index (χ0v) is 13.5. The van der Waals surface area contributed by atoms with E-state index in [9.17, 15) is 4.79 Å². The summed E-state index contributed by atoms with van der Waals surface area (Å²) in [7, 11) is 0. The van der Waals surface area contributed by atoms with Gasteiger partial charge in [-0.25, -0.2) is 0 Å². The fourth-order valence-corrected chi connectivity index (χ4v) is 2.49. The monoisotopic (exact) mass is 347 g/mol. The summed E-state index contributed by atoms with van der Waals surface area (Å²) in [6.45, 7) is 4.85. The van der Waals surface area contributed by atoms with Crippen LogP contribution in [0.25, 0.3) is 0 Å². The smallest absolute Gasteiger partial charge is 0.252 e. The minimum Gasteiger partial charge on any atom is -0.396 e. The first-order valence-electron chi connectivity index (χ1n) is 6.20. The molecule has 0 spiro atoms. The van der Waals surface area contributed by atoms with Crippen LogP contribution in [-0.4, -0.2) is 24.2 Å². The number of halogens is 2. The number of benzene rings is 1. The summed E-state index contributed by atoms with van der Waals surface area (Å²) < 4.78 is 0.845. The van der Waals surface area contributed by atoms with E-state index in [1.54, 1.807) is 18.2 Å². The Morgan fingerprint density at radius 2 is 2.16 bits per heavy atom. The van der Waals surface area contributed by atoms with Gasteiger partial charge in [-0.1, -0.05) is 41.4 Å². The lowest BCUT2D eigenvalue weighted by molar-refractivity contribution is 0.0933. The molecule has 1 aromatic carbocycles. The molecule has 0 aliphatic rings. The molecular formula is C14H19BrClNO2. The molecule has 0 aliphatic heterocycles. The number of nitrogens with one attached hydrogen (secondary N) is 1. The lowest BCUT2D eigenvalue weighted by Crippen LogP contribution is -2.34. The van der Waals surface area contributed by atoms with Crippen LogP contribution in [0, 0.1) is 5.41 Å². The maximum atomic E-state index is 12.0. The van der Waals surface area contributed by atoms with Gasteiger partial charge in [0.2, 0.25) is 0 Å². The standard InChI is InChI=1S/C14H19BrClNO2/c1-14(2,6-3-7-18)9-17-13(19)11-5-4-10(15)8-12(11)16/h4-5,8,18H,3,6-7,9H2,1-2H3,(H,17,19). The number of aliphatic hydroxyl groups is 1. The number of rotatable bonds is 6. The molecule has 0 fully saturated rings. The van der Waals surface area contributed by atoms with Crippen LogP contribution in [0.2, 0.25) is 5.02 Å². The molecule has 19 heavy (non-hydrogen) atoms. The second-order valence-corrected chi connectivity index (χ2v) is 6.62. The third-order valence-electron chi connectivity index (χ3n) is 2.91. The predicted octanol–water partition coefficient (Wildman–Crippen LogP) is 3.63. The molecule has 0 heterocycles. The summed E-state index contributed by atoms with van der Waals surface area (Å²) in [4.78, 5) is 12.0. The van der Waals surface area contributed by atoms with Crippen molar-refractivity contribution >= 4 is 33.4 Å². The zero-order chi connectivity index (χ0) is 14.5. The summed E-state index contributed by atoms with van der Waals surface area (Å²) in [5, 5.41) is 12.2. The molecule has 0 atom stereocenters. The Balaban J connectivity index is 2.60. The van der Waals surface area contributed by atoms with Gasteiger partial charge < -0.3 is 10.4 Å². The van der Waals surface area contributed by atoms with Gasteiger partial charge in [-0.3, -0.25) is 4.79 Å². The molecule has 0 aliphatic carbocycles. The van der Waals surface area contributed by atoms with Crippen molar-refractivity contribution in [2.24, 2.45) is 5.41 Å². The van der Waals surface area contributed by atoms with Gasteiger partial charge in [0, 0.05) is 17.6 Å². The second-order valence-electron chi connectivity index (χ2n) is 5.30. The summed E-state index contributed by atoms with van der Waals surface area (Å²) >= 11 is 9.34. The third kappa shape index (κ3) is 5.51. The van der Waals surface area contributed by atoms with Gasteiger partial charge in [0.1, 0.15) is 0 Å². The van der Waals surface area contributed by atoms with E-state index in [-0.39, 0.29) is 17.9 Å². The number of carbonyl (C=O) groups is 1. The lowest BCUT2D eigenvalue weighted by Gasteiger charge is -2.24. The van der Waals surface area contributed by atoms with Crippen molar-refractivity contribution in [2.75, 3.05) is 13.2 Å². The van der Waals surface area contributed by atoms with Gasteiger partial charge in [0.15, 0.2) is 0 Å². The molecule has 0 aromatic heterocycles. The van der Waals surface area contributed by atoms with Crippen molar-refractivity contribution in [1.82, 2.24) is 5.32 Å². The van der Waals surface area contributed by atoms with Crippen LogP contribution in [0.15, 0.2) is 22.7 Å². The highest BCUT2D eigenvalue weighted by Crippen LogP contribution is 2.23. The Morgan fingerprint density at radius 3 is 2.74 bits per heavy atom. The van der Waals surface area contributed by atoms with E-state index in [1.807, 2.05) is 0 Å². The highest BCUT2D eigenvalue weighted by molar-refractivity contribution is 9.10. The molecule has 5 heteroatoms. The fraction of sp³-hybridized carbons (Fsp3) is 0.500. The number of hydrogen-bond acceptors (Lipinski definition) is 2. The SMILES string of the molecule is CC(C)(CCCO)CNC(=O)c1ccc(Br)cc1Cl. The van der Waals surface area contributed by atoms with Crippen molar-refractivity contribution in [2.45, 2.75) is 26.7 Å². The molecule has 0 bridgehead atoms. The Bertz CT molecular complexity index is 449. The molecule has 0 saturated carbocycles. The van der Waals surface area contributed by atoms with Crippen LogP contribution in [-0.2, 0) is 0 Å². The van der Waals surface area contributed by atoms with Gasteiger partial charge in [0.25, 0.3) is 5.91 Å². The van der Waals surface area contributed by atoms with Crippen molar-refractivity contribution in [1.29, 1.82) is 0 Å². The Kier molecular flexibility index (Phi) is 6.30. The molecule has 0 radical (unpaired) electrons. The van der Waals surface area contributed by atoms with Gasteiger partial charge in [0.05, 0.1) is 10.6 Å². The minimum atomic E-state index is -0.172. The highest BCUT2D eigenvalue weighted by Gasteiger charge is 2.19. The quantitative estimate of drug-likeness (QED) is 0.824. The maximum Gasteiger partial charge on any atom is 0.252 e. The second kappa shape index (κ2) is 7.27. The first-order valence-corrected chi connectivity index (χ1v) is 7.37. The van der Waals surface area contributed by atoms with Crippen LogP contribution >= 0.6 is 27.5 Å². The largest absolute Gasteiger partial charge is 0.396 e.